The fourth-order valence-electron chi connectivity index (χ4n) is 2.47. The number of ether oxygens (including phenoxy) is 1. The molecule has 0 aliphatic rings. The van der Waals surface area contributed by atoms with Gasteiger partial charge in [0, 0.05) is 6.42 Å². The van der Waals surface area contributed by atoms with Crippen LogP contribution in [0.3, 0.4) is 0 Å². The minimum Gasteiger partial charge on any atom is -0.618 e. The van der Waals surface area contributed by atoms with E-state index in [1.54, 1.807) is 18.2 Å². The third-order valence-corrected chi connectivity index (χ3v) is 3.32. The number of hydrogen-bond acceptors (Lipinski definition) is 4. The van der Waals surface area contributed by atoms with Gasteiger partial charge in [0.1, 0.15) is 17.0 Å². The van der Waals surface area contributed by atoms with Crippen molar-refractivity contribution in [3.63, 3.8) is 0 Å². The number of aliphatic carboxylic acids is 1. The van der Waals surface area contributed by atoms with Crippen LogP contribution in [0.5, 0.6) is 5.75 Å². The lowest BCUT2D eigenvalue weighted by molar-refractivity contribution is -0.578. The molecule has 6 heteroatoms. The predicted molar refractivity (Wildman–Crippen MR) is 81.6 cm³/mol. The van der Waals surface area contributed by atoms with Gasteiger partial charge >= 0.3 is 5.97 Å². The molecule has 0 spiro atoms. The second kappa shape index (κ2) is 6.17. The average Bonchev–Trinajstić information content (AvgIpc) is 2.37. The first-order chi connectivity index (χ1) is 10.3. The van der Waals surface area contributed by atoms with E-state index < -0.39 is 11.4 Å². The molecule has 1 N–H and O–H groups in total. The lowest BCUT2D eigenvalue weighted by atomic mass is 9.84. The van der Waals surface area contributed by atoms with Gasteiger partial charge < -0.3 is 15.1 Å². The van der Waals surface area contributed by atoms with Crippen LogP contribution in [-0.2, 0) is 11.2 Å². The highest BCUT2D eigenvalue weighted by molar-refractivity contribution is 5.73. The first kappa shape index (κ1) is 16.0. The van der Waals surface area contributed by atoms with E-state index in [0.29, 0.717) is 35.5 Å². The highest BCUT2D eigenvalue weighted by Gasteiger charge is 2.24. The van der Waals surface area contributed by atoms with E-state index in [4.69, 9.17) is 9.84 Å². The van der Waals surface area contributed by atoms with Crippen molar-refractivity contribution in [2.45, 2.75) is 33.6 Å². The summed E-state index contributed by atoms with van der Waals surface area (Å²) in [7, 11) is 0. The molecule has 2 aromatic rings. The van der Waals surface area contributed by atoms with Gasteiger partial charge in [-0.2, -0.15) is 4.73 Å². The van der Waals surface area contributed by atoms with Crippen molar-refractivity contribution in [1.29, 1.82) is 0 Å². The van der Waals surface area contributed by atoms with Crippen LogP contribution in [0.1, 0.15) is 32.9 Å². The SMILES string of the molecule is CCOc1ccc2nc(CC(C)(C)CC(=O)O)c[n+]([O-])c2c1. The lowest BCUT2D eigenvalue weighted by Crippen LogP contribution is -2.30. The van der Waals surface area contributed by atoms with Crippen LogP contribution < -0.4 is 9.47 Å². The molecule has 0 aliphatic heterocycles. The Kier molecular flexibility index (Phi) is 4.49. The highest BCUT2D eigenvalue weighted by Crippen LogP contribution is 2.26. The van der Waals surface area contributed by atoms with Gasteiger partial charge in [0.2, 0.25) is 11.7 Å². The highest BCUT2D eigenvalue weighted by atomic mass is 16.5. The van der Waals surface area contributed by atoms with Crippen LogP contribution in [0.2, 0.25) is 0 Å². The summed E-state index contributed by atoms with van der Waals surface area (Å²) in [6.45, 7) is 6.10. The van der Waals surface area contributed by atoms with Gasteiger partial charge in [-0.25, -0.2) is 4.98 Å². The minimum absolute atomic E-state index is 0.0227. The minimum atomic E-state index is -0.859. The average molecular weight is 304 g/mol. The second-order valence-electron chi connectivity index (χ2n) is 6.05. The van der Waals surface area contributed by atoms with Crippen LogP contribution in [0.25, 0.3) is 11.0 Å². The Balaban J connectivity index is 2.33. The number of aromatic nitrogens is 2. The maximum Gasteiger partial charge on any atom is 0.303 e. The Bertz CT molecular complexity index is 698. The Hall–Kier alpha value is -2.37. The summed E-state index contributed by atoms with van der Waals surface area (Å²) < 4.78 is 6.14. The molecular weight excluding hydrogens is 284 g/mol. The molecule has 0 bridgehead atoms. The number of carboxylic acid groups (broad SMARTS) is 1. The number of carbonyl (C=O) groups is 1. The summed E-state index contributed by atoms with van der Waals surface area (Å²) in [5.74, 6) is -0.234. The molecule has 0 atom stereocenters. The van der Waals surface area contributed by atoms with Crippen molar-refractivity contribution in [3.05, 3.63) is 35.3 Å². The quantitative estimate of drug-likeness (QED) is 0.653. The largest absolute Gasteiger partial charge is 0.618 e. The number of nitrogens with zero attached hydrogens (tertiary/aromatic N) is 2. The van der Waals surface area contributed by atoms with E-state index in [1.165, 1.54) is 6.20 Å². The van der Waals surface area contributed by atoms with Crippen LogP contribution in [-0.4, -0.2) is 22.7 Å². The summed E-state index contributed by atoms with van der Waals surface area (Å²) in [6, 6.07) is 5.17. The summed E-state index contributed by atoms with van der Waals surface area (Å²) in [6.07, 6.45) is 1.85. The van der Waals surface area contributed by atoms with Gasteiger partial charge in [-0.05, 0) is 24.5 Å². The zero-order valence-corrected chi connectivity index (χ0v) is 13.0. The topological polar surface area (TPSA) is 86.4 Å². The molecule has 1 aromatic carbocycles. The summed E-state index contributed by atoms with van der Waals surface area (Å²) >= 11 is 0. The molecule has 0 saturated carbocycles. The van der Waals surface area contributed by atoms with E-state index in [-0.39, 0.29) is 6.42 Å². The first-order valence-electron chi connectivity index (χ1n) is 7.18. The van der Waals surface area contributed by atoms with E-state index >= 15 is 0 Å². The number of carboxylic acids is 1. The molecule has 1 heterocycles. The molecule has 2 rings (SSSR count). The smallest absolute Gasteiger partial charge is 0.303 e. The number of fused-ring (bicyclic) bond motifs is 1. The Morgan fingerprint density at radius 3 is 2.82 bits per heavy atom. The van der Waals surface area contributed by atoms with Gasteiger partial charge in [0.25, 0.3) is 0 Å². The van der Waals surface area contributed by atoms with Crippen LogP contribution in [0, 0.1) is 10.6 Å². The van der Waals surface area contributed by atoms with Crippen molar-refractivity contribution in [2.75, 3.05) is 6.61 Å². The van der Waals surface area contributed by atoms with Crippen molar-refractivity contribution in [1.82, 2.24) is 4.98 Å². The molecule has 6 nitrogen and oxygen atoms in total. The maximum atomic E-state index is 12.2. The molecule has 0 amide bonds. The Labute approximate surface area is 128 Å². The van der Waals surface area contributed by atoms with E-state index in [1.807, 2.05) is 20.8 Å². The molecule has 118 valence electrons. The van der Waals surface area contributed by atoms with Gasteiger partial charge in [0.15, 0.2) is 0 Å². The molecule has 0 aliphatic carbocycles. The van der Waals surface area contributed by atoms with Gasteiger partial charge in [0.05, 0.1) is 19.1 Å². The number of benzene rings is 1. The van der Waals surface area contributed by atoms with E-state index in [9.17, 15) is 10.0 Å². The molecule has 0 saturated heterocycles. The van der Waals surface area contributed by atoms with Gasteiger partial charge in [-0.15, -0.1) is 0 Å². The zero-order valence-electron chi connectivity index (χ0n) is 13.0. The first-order valence-corrected chi connectivity index (χ1v) is 7.18. The lowest BCUT2D eigenvalue weighted by Gasteiger charge is -2.21. The van der Waals surface area contributed by atoms with Crippen molar-refractivity contribution in [3.8, 4) is 5.75 Å². The van der Waals surface area contributed by atoms with Crippen LogP contribution in [0.15, 0.2) is 24.4 Å². The third kappa shape index (κ3) is 3.84. The third-order valence-electron chi connectivity index (χ3n) is 3.32. The van der Waals surface area contributed by atoms with E-state index in [0.717, 1.165) is 4.73 Å². The normalized spacial score (nSPS) is 11.6. The van der Waals surface area contributed by atoms with Gasteiger partial charge in [-0.1, -0.05) is 13.8 Å². The summed E-state index contributed by atoms with van der Waals surface area (Å²) in [5, 5.41) is 21.1. The van der Waals surface area contributed by atoms with Crippen molar-refractivity contribution < 1.29 is 19.4 Å². The second-order valence-corrected chi connectivity index (χ2v) is 6.05. The predicted octanol–water partition coefficient (Wildman–Crippen LogP) is 2.31. The summed E-state index contributed by atoms with van der Waals surface area (Å²) in [5.41, 5.74) is 1.12. The fourth-order valence-corrected chi connectivity index (χ4v) is 2.47. The summed E-state index contributed by atoms with van der Waals surface area (Å²) in [4.78, 5) is 15.3. The molecule has 0 fully saturated rings. The van der Waals surface area contributed by atoms with Crippen molar-refractivity contribution >= 4 is 17.0 Å². The van der Waals surface area contributed by atoms with Crippen LogP contribution >= 0.6 is 0 Å². The van der Waals surface area contributed by atoms with Crippen LogP contribution in [0.4, 0.5) is 0 Å². The number of rotatable bonds is 6. The fraction of sp³-hybridized carbons (Fsp3) is 0.438. The van der Waals surface area contributed by atoms with E-state index in [2.05, 4.69) is 4.98 Å². The Morgan fingerprint density at radius 2 is 2.18 bits per heavy atom. The molecular formula is C16H20N2O4. The monoisotopic (exact) mass is 304 g/mol. The van der Waals surface area contributed by atoms with Crippen molar-refractivity contribution in [2.24, 2.45) is 5.41 Å². The molecule has 0 radical (unpaired) electrons. The Morgan fingerprint density at radius 1 is 1.45 bits per heavy atom. The molecule has 1 aromatic heterocycles. The van der Waals surface area contributed by atoms with Gasteiger partial charge in [-0.3, -0.25) is 4.79 Å². The molecule has 0 unspecified atom stereocenters. The maximum absolute atomic E-state index is 12.2. The zero-order chi connectivity index (χ0) is 16.3. The molecule has 22 heavy (non-hydrogen) atoms. The number of hydrogen-bond donors (Lipinski definition) is 1. The standard InChI is InChI=1S/C16H20N2O4/c1-4-22-12-5-6-13-14(7-12)18(21)10-11(17-13)8-16(2,3)9-15(19)20/h5-7,10H,4,8-9H2,1-3H3,(H,19,20).